The van der Waals surface area contributed by atoms with Crippen molar-refractivity contribution in [2.45, 2.75) is 18.4 Å². The summed E-state index contributed by atoms with van der Waals surface area (Å²) >= 11 is 0. The third kappa shape index (κ3) is 2.27. The van der Waals surface area contributed by atoms with Crippen molar-refractivity contribution in [3.05, 3.63) is 84.6 Å². The summed E-state index contributed by atoms with van der Waals surface area (Å²) < 4.78 is 5.94. The molecule has 3 aromatic rings. The molecule has 5 rings (SSSR count). The van der Waals surface area contributed by atoms with Crippen molar-refractivity contribution in [2.24, 2.45) is 5.92 Å². The van der Waals surface area contributed by atoms with E-state index in [-0.39, 0.29) is 6.04 Å². The van der Waals surface area contributed by atoms with Crippen LogP contribution in [-0.2, 0) is 0 Å². The second kappa shape index (κ2) is 6.10. The van der Waals surface area contributed by atoms with Crippen molar-refractivity contribution in [3.63, 3.8) is 0 Å². The predicted octanol–water partition coefficient (Wildman–Crippen LogP) is 5.56. The number of ether oxygens (including phenoxy) is 1. The third-order valence-corrected chi connectivity index (χ3v) is 5.67. The minimum absolute atomic E-state index is 0.257. The number of allylic oxidation sites excluding steroid dienone is 2. The van der Waals surface area contributed by atoms with E-state index in [1.165, 1.54) is 22.0 Å². The fraction of sp³-hybridized carbons (Fsp3) is 0.217. The van der Waals surface area contributed by atoms with Gasteiger partial charge in [0.1, 0.15) is 12.4 Å². The summed E-state index contributed by atoms with van der Waals surface area (Å²) in [5, 5.41) is 5.12. The van der Waals surface area contributed by atoms with E-state index in [9.17, 15) is 0 Å². The van der Waals surface area contributed by atoms with Crippen molar-refractivity contribution in [3.8, 4) is 5.75 Å². The van der Waals surface area contributed by atoms with Gasteiger partial charge in [-0.1, -0.05) is 55.1 Å². The molecule has 0 bridgehead atoms. The Morgan fingerprint density at radius 3 is 2.96 bits per heavy atom. The van der Waals surface area contributed by atoms with Crippen LogP contribution in [0.5, 0.6) is 5.75 Å². The number of rotatable bonds is 4. The van der Waals surface area contributed by atoms with Crippen LogP contribution in [0.2, 0.25) is 0 Å². The lowest BCUT2D eigenvalue weighted by Crippen LogP contribution is -2.29. The number of aromatic amines is 1. The zero-order chi connectivity index (χ0) is 17.5. The van der Waals surface area contributed by atoms with Gasteiger partial charge in [0.15, 0.2) is 0 Å². The van der Waals surface area contributed by atoms with E-state index in [2.05, 4.69) is 71.6 Å². The average Bonchev–Trinajstić information content (AvgIpc) is 3.33. The molecule has 2 heterocycles. The molecule has 2 N–H and O–H groups in total. The third-order valence-electron chi connectivity index (χ3n) is 5.67. The molecule has 0 spiro atoms. The first-order chi connectivity index (χ1) is 12.9. The molecular formula is C23H22N2O. The molecule has 1 aliphatic heterocycles. The zero-order valence-electron chi connectivity index (χ0n) is 14.6. The standard InChI is InChI=1S/C23H22N2O/c1-2-13-26-21-12-6-10-18-15-8-5-9-17(15)22(25-23(18)21)19-14-24-20-11-4-3-7-16(19)20/h2-8,10-12,14-15,17,22,24-25H,1,9,13H2. The molecule has 2 aromatic carbocycles. The summed E-state index contributed by atoms with van der Waals surface area (Å²) in [6.07, 6.45) is 9.74. The minimum Gasteiger partial charge on any atom is -0.487 e. The number of nitrogens with one attached hydrogen (secondary N) is 2. The number of hydrogen-bond donors (Lipinski definition) is 2. The monoisotopic (exact) mass is 342 g/mol. The number of hydrogen-bond acceptors (Lipinski definition) is 2. The Morgan fingerprint density at radius 2 is 2.04 bits per heavy atom. The summed E-state index contributed by atoms with van der Waals surface area (Å²) in [5.74, 6) is 1.86. The number of anilines is 1. The molecule has 0 amide bonds. The van der Waals surface area contributed by atoms with Gasteiger partial charge in [0.05, 0.1) is 11.7 Å². The molecular weight excluding hydrogens is 320 g/mol. The Bertz CT molecular complexity index is 1000. The molecule has 26 heavy (non-hydrogen) atoms. The lowest BCUT2D eigenvalue weighted by Gasteiger charge is -2.38. The Hall–Kier alpha value is -2.94. The Labute approximate surface area is 153 Å². The summed E-state index contributed by atoms with van der Waals surface area (Å²) in [4.78, 5) is 3.43. The second-order valence-electron chi connectivity index (χ2n) is 7.09. The van der Waals surface area contributed by atoms with Gasteiger partial charge in [0.25, 0.3) is 0 Å². The molecule has 3 nitrogen and oxygen atoms in total. The van der Waals surface area contributed by atoms with Crippen molar-refractivity contribution >= 4 is 16.6 Å². The van der Waals surface area contributed by atoms with Crippen molar-refractivity contribution in [1.29, 1.82) is 0 Å². The molecule has 2 aliphatic rings. The topological polar surface area (TPSA) is 37.0 Å². The van der Waals surface area contributed by atoms with Gasteiger partial charge in [-0.2, -0.15) is 0 Å². The van der Waals surface area contributed by atoms with Crippen LogP contribution in [0, 0.1) is 5.92 Å². The maximum Gasteiger partial charge on any atom is 0.143 e. The molecule has 3 heteroatoms. The van der Waals surface area contributed by atoms with Crippen LogP contribution in [0.15, 0.2) is 73.5 Å². The minimum atomic E-state index is 0.257. The SMILES string of the molecule is C=CCOc1cccc2c1NC(c1c[nH]c3ccccc13)C1CC=CC21. The smallest absolute Gasteiger partial charge is 0.143 e. The lowest BCUT2D eigenvalue weighted by molar-refractivity contribution is 0.358. The van der Waals surface area contributed by atoms with E-state index in [4.69, 9.17) is 4.74 Å². The van der Waals surface area contributed by atoms with Gasteiger partial charge in [-0.15, -0.1) is 0 Å². The number of para-hydroxylation sites is 2. The zero-order valence-corrected chi connectivity index (χ0v) is 14.6. The van der Waals surface area contributed by atoms with Crippen LogP contribution >= 0.6 is 0 Å². The van der Waals surface area contributed by atoms with E-state index in [1.807, 2.05) is 6.07 Å². The molecule has 3 unspecified atom stereocenters. The first kappa shape index (κ1) is 15.3. The van der Waals surface area contributed by atoms with Crippen LogP contribution in [-0.4, -0.2) is 11.6 Å². The maximum absolute atomic E-state index is 5.94. The number of H-pyrrole nitrogens is 1. The van der Waals surface area contributed by atoms with Crippen LogP contribution in [0.1, 0.15) is 29.5 Å². The van der Waals surface area contributed by atoms with E-state index >= 15 is 0 Å². The molecule has 0 radical (unpaired) electrons. The Balaban J connectivity index is 1.62. The number of fused-ring (bicyclic) bond motifs is 4. The van der Waals surface area contributed by atoms with Gasteiger partial charge >= 0.3 is 0 Å². The largest absolute Gasteiger partial charge is 0.487 e. The van der Waals surface area contributed by atoms with Gasteiger partial charge in [0.2, 0.25) is 0 Å². The lowest BCUT2D eigenvalue weighted by atomic mass is 9.77. The Morgan fingerprint density at radius 1 is 1.12 bits per heavy atom. The first-order valence-electron chi connectivity index (χ1n) is 9.22. The van der Waals surface area contributed by atoms with Gasteiger partial charge in [-0.3, -0.25) is 0 Å². The molecule has 1 aliphatic carbocycles. The van der Waals surface area contributed by atoms with Crippen molar-refractivity contribution in [2.75, 3.05) is 11.9 Å². The molecule has 130 valence electrons. The predicted molar refractivity (Wildman–Crippen MR) is 107 cm³/mol. The van der Waals surface area contributed by atoms with Crippen molar-refractivity contribution < 1.29 is 4.74 Å². The van der Waals surface area contributed by atoms with E-state index in [1.54, 1.807) is 6.08 Å². The summed E-state index contributed by atoms with van der Waals surface area (Å²) in [6, 6.07) is 15.1. The quantitative estimate of drug-likeness (QED) is 0.609. The van der Waals surface area contributed by atoms with Gasteiger partial charge in [-0.05, 0) is 35.6 Å². The molecule has 0 fully saturated rings. The first-order valence-corrected chi connectivity index (χ1v) is 9.22. The highest BCUT2D eigenvalue weighted by Gasteiger charge is 2.39. The maximum atomic E-state index is 5.94. The van der Waals surface area contributed by atoms with Crippen LogP contribution < -0.4 is 10.1 Å². The molecule has 0 saturated heterocycles. The van der Waals surface area contributed by atoms with Crippen LogP contribution in [0.4, 0.5) is 5.69 Å². The van der Waals surface area contributed by atoms with Gasteiger partial charge < -0.3 is 15.0 Å². The highest BCUT2D eigenvalue weighted by molar-refractivity contribution is 5.84. The summed E-state index contributed by atoms with van der Waals surface area (Å²) in [6.45, 7) is 4.28. The number of benzene rings is 2. The summed E-state index contributed by atoms with van der Waals surface area (Å²) in [7, 11) is 0. The fourth-order valence-corrected chi connectivity index (χ4v) is 4.52. The van der Waals surface area contributed by atoms with Crippen molar-refractivity contribution in [1.82, 2.24) is 4.98 Å². The number of aromatic nitrogens is 1. The van der Waals surface area contributed by atoms with E-state index in [0.717, 1.165) is 17.9 Å². The van der Waals surface area contributed by atoms with Crippen LogP contribution in [0.25, 0.3) is 10.9 Å². The van der Waals surface area contributed by atoms with Gasteiger partial charge in [0, 0.05) is 23.0 Å². The van der Waals surface area contributed by atoms with Gasteiger partial charge in [-0.25, -0.2) is 0 Å². The molecule has 3 atom stereocenters. The normalized spacial score (nSPS) is 23.3. The van der Waals surface area contributed by atoms with E-state index in [0.29, 0.717) is 18.4 Å². The van der Waals surface area contributed by atoms with Crippen LogP contribution in [0.3, 0.4) is 0 Å². The van der Waals surface area contributed by atoms with E-state index < -0.39 is 0 Å². The highest BCUT2D eigenvalue weighted by atomic mass is 16.5. The Kier molecular flexibility index (Phi) is 3.59. The summed E-state index contributed by atoms with van der Waals surface area (Å²) in [5.41, 5.74) is 4.98. The average molecular weight is 342 g/mol. The molecule has 1 aromatic heterocycles. The molecule has 0 saturated carbocycles. The fourth-order valence-electron chi connectivity index (χ4n) is 4.52. The second-order valence-corrected chi connectivity index (χ2v) is 7.09. The highest BCUT2D eigenvalue weighted by Crippen LogP contribution is 2.52.